The highest BCUT2D eigenvalue weighted by Gasteiger charge is 2.29. The van der Waals surface area contributed by atoms with Crippen LogP contribution in [0.4, 0.5) is 0 Å². The Morgan fingerprint density at radius 3 is 2.90 bits per heavy atom. The minimum atomic E-state index is 0.225. The third kappa shape index (κ3) is 3.56. The topological polar surface area (TPSA) is 50.4 Å². The zero-order valence-corrected chi connectivity index (χ0v) is 12.7. The smallest absolute Gasteiger partial charge is 0.223 e. The lowest BCUT2D eigenvalue weighted by Crippen LogP contribution is -2.35. The van der Waals surface area contributed by atoms with E-state index in [2.05, 4.69) is 22.8 Å². The van der Waals surface area contributed by atoms with E-state index in [4.69, 9.17) is 4.74 Å². The summed E-state index contributed by atoms with van der Waals surface area (Å²) in [6.07, 6.45) is 5.64. The second-order valence-electron chi connectivity index (χ2n) is 6.03. The minimum Gasteiger partial charge on any atom is -0.497 e. The van der Waals surface area contributed by atoms with E-state index in [1.54, 1.807) is 7.11 Å². The number of amides is 1. The van der Waals surface area contributed by atoms with Gasteiger partial charge in [0.2, 0.25) is 5.91 Å². The SMILES string of the molecule is COc1ccc2c(c1)C(NCCNC(=O)C1CC1)CCC2. The number of nitrogens with one attached hydrogen (secondary N) is 2. The van der Waals surface area contributed by atoms with E-state index < -0.39 is 0 Å². The van der Waals surface area contributed by atoms with Gasteiger partial charge in [0.15, 0.2) is 0 Å². The molecular weight excluding hydrogens is 264 g/mol. The fourth-order valence-corrected chi connectivity index (χ4v) is 3.04. The first-order valence-corrected chi connectivity index (χ1v) is 7.96. The van der Waals surface area contributed by atoms with Crippen LogP contribution in [-0.4, -0.2) is 26.1 Å². The molecule has 3 rings (SSSR count). The molecule has 2 N–H and O–H groups in total. The maximum Gasteiger partial charge on any atom is 0.223 e. The second-order valence-corrected chi connectivity index (χ2v) is 6.03. The van der Waals surface area contributed by atoms with Crippen molar-refractivity contribution in [2.24, 2.45) is 5.92 Å². The van der Waals surface area contributed by atoms with Crippen molar-refractivity contribution in [3.05, 3.63) is 29.3 Å². The molecule has 21 heavy (non-hydrogen) atoms. The number of carbonyl (C=O) groups is 1. The van der Waals surface area contributed by atoms with Crippen molar-refractivity contribution < 1.29 is 9.53 Å². The van der Waals surface area contributed by atoms with Crippen molar-refractivity contribution in [3.63, 3.8) is 0 Å². The molecule has 1 unspecified atom stereocenters. The van der Waals surface area contributed by atoms with Crippen LogP contribution < -0.4 is 15.4 Å². The number of fused-ring (bicyclic) bond motifs is 1. The molecule has 1 amide bonds. The van der Waals surface area contributed by atoms with Gasteiger partial charge in [-0.2, -0.15) is 0 Å². The first-order chi connectivity index (χ1) is 10.3. The molecule has 2 aliphatic rings. The molecule has 0 aromatic heterocycles. The molecule has 1 fully saturated rings. The molecule has 1 atom stereocenters. The summed E-state index contributed by atoms with van der Waals surface area (Å²) < 4.78 is 5.33. The van der Waals surface area contributed by atoms with Gasteiger partial charge >= 0.3 is 0 Å². The molecule has 0 aliphatic heterocycles. The first kappa shape index (κ1) is 14.4. The number of carbonyl (C=O) groups excluding carboxylic acids is 1. The van der Waals surface area contributed by atoms with Gasteiger partial charge in [-0.3, -0.25) is 4.79 Å². The summed E-state index contributed by atoms with van der Waals surface area (Å²) in [6.45, 7) is 1.53. The average Bonchev–Trinajstić information content (AvgIpc) is 3.35. The lowest BCUT2D eigenvalue weighted by atomic mass is 9.87. The lowest BCUT2D eigenvalue weighted by Gasteiger charge is -2.27. The summed E-state index contributed by atoms with van der Waals surface area (Å²) in [4.78, 5) is 11.6. The molecule has 4 nitrogen and oxygen atoms in total. The molecule has 0 bridgehead atoms. The quantitative estimate of drug-likeness (QED) is 0.789. The highest BCUT2D eigenvalue weighted by molar-refractivity contribution is 5.80. The molecule has 1 aromatic rings. The number of rotatable bonds is 6. The third-order valence-corrected chi connectivity index (χ3v) is 4.43. The van der Waals surface area contributed by atoms with Crippen molar-refractivity contribution >= 4 is 5.91 Å². The van der Waals surface area contributed by atoms with Crippen LogP contribution in [0.5, 0.6) is 5.75 Å². The molecule has 114 valence electrons. The number of benzene rings is 1. The molecule has 1 saturated carbocycles. The van der Waals surface area contributed by atoms with Crippen LogP contribution in [0.2, 0.25) is 0 Å². The third-order valence-electron chi connectivity index (χ3n) is 4.43. The molecule has 4 heteroatoms. The molecule has 1 aromatic carbocycles. The van der Waals surface area contributed by atoms with Gasteiger partial charge in [0.25, 0.3) is 0 Å². The highest BCUT2D eigenvalue weighted by atomic mass is 16.5. The summed E-state index contributed by atoms with van der Waals surface area (Å²) in [5, 5.41) is 6.58. The predicted octanol–water partition coefficient (Wildman–Crippen LogP) is 2.19. The highest BCUT2D eigenvalue weighted by Crippen LogP contribution is 2.32. The normalized spacial score (nSPS) is 20.7. The molecule has 0 saturated heterocycles. The maximum atomic E-state index is 11.6. The van der Waals surface area contributed by atoms with Crippen LogP contribution in [0.25, 0.3) is 0 Å². The Balaban J connectivity index is 1.53. The monoisotopic (exact) mass is 288 g/mol. The van der Waals surface area contributed by atoms with E-state index in [-0.39, 0.29) is 5.91 Å². The largest absolute Gasteiger partial charge is 0.497 e. The van der Waals surface area contributed by atoms with Crippen LogP contribution in [0.15, 0.2) is 18.2 Å². The summed E-state index contributed by atoms with van der Waals surface area (Å²) in [5.74, 6) is 1.44. The zero-order valence-electron chi connectivity index (χ0n) is 12.7. The summed E-state index contributed by atoms with van der Waals surface area (Å²) in [7, 11) is 1.71. The number of aryl methyl sites for hydroxylation is 1. The maximum absolute atomic E-state index is 11.6. The Bertz CT molecular complexity index is 512. The predicted molar refractivity (Wildman–Crippen MR) is 82.4 cm³/mol. The molecule has 0 heterocycles. The Kier molecular flexibility index (Phi) is 4.44. The van der Waals surface area contributed by atoms with E-state index in [9.17, 15) is 4.79 Å². The molecule has 0 spiro atoms. The van der Waals surface area contributed by atoms with Gasteiger partial charge in [0.05, 0.1) is 7.11 Å². The van der Waals surface area contributed by atoms with Crippen molar-refractivity contribution in [3.8, 4) is 5.75 Å². The van der Waals surface area contributed by atoms with Gasteiger partial charge in [-0.1, -0.05) is 6.07 Å². The number of hydrogen-bond donors (Lipinski definition) is 2. The van der Waals surface area contributed by atoms with Crippen molar-refractivity contribution in [2.75, 3.05) is 20.2 Å². The van der Waals surface area contributed by atoms with Crippen LogP contribution in [0, 0.1) is 5.92 Å². The molecule has 0 radical (unpaired) electrons. The Labute approximate surface area is 126 Å². The number of hydrogen-bond acceptors (Lipinski definition) is 3. The number of ether oxygens (including phenoxy) is 1. The van der Waals surface area contributed by atoms with Crippen molar-refractivity contribution in [2.45, 2.75) is 38.1 Å². The number of methoxy groups -OCH3 is 1. The summed E-state index contributed by atoms with van der Waals surface area (Å²) >= 11 is 0. The van der Waals surface area contributed by atoms with Gasteiger partial charge in [0.1, 0.15) is 5.75 Å². The van der Waals surface area contributed by atoms with Crippen LogP contribution in [0.3, 0.4) is 0 Å². The van der Waals surface area contributed by atoms with E-state index in [1.165, 1.54) is 17.5 Å². The molecule has 2 aliphatic carbocycles. The van der Waals surface area contributed by atoms with E-state index in [1.807, 2.05) is 6.07 Å². The zero-order chi connectivity index (χ0) is 14.7. The van der Waals surface area contributed by atoms with E-state index >= 15 is 0 Å². The minimum absolute atomic E-state index is 0.225. The van der Waals surface area contributed by atoms with Crippen molar-refractivity contribution in [1.82, 2.24) is 10.6 Å². The molecular formula is C17H24N2O2. The Hall–Kier alpha value is -1.55. The van der Waals surface area contributed by atoms with Gasteiger partial charge in [-0.05, 0) is 55.4 Å². The first-order valence-electron chi connectivity index (χ1n) is 7.96. The fraction of sp³-hybridized carbons (Fsp3) is 0.588. The van der Waals surface area contributed by atoms with Gasteiger partial charge in [-0.25, -0.2) is 0 Å². The second kappa shape index (κ2) is 6.48. The summed E-state index contributed by atoms with van der Waals surface area (Å²) in [5.41, 5.74) is 2.77. The average molecular weight is 288 g/mol. The lowest BCUT2D eigenvalue weighted by molar-refractivity contribution is -0.122. The fourth-order valence-electron chi connectivity index (χ4n) is 3.04. The van der Waals surface area contributed by atoms with Crippen LogP contribution in [0.1, 0.15) is 42.9 Å². The standard InChI is InChI=1S/C17H24N2O2/c1-21-14-8-7-12-3-2-4-16(15(12)11-14)18-9-10-19-17(20)13-5-6-13/h7-8,11,13,16,18H,2-6,9-10H2,1H3,(H,19,20). The van der Waals surface area contributed by atoms with Gasteiger partial charge in [0, 0.05) is 25.0 Å². The van der Waals surface area contributed by atoms with Crippen LogP contribution in [-0.2, 0) is 11.2 Å². The van der Waals surface area contributed by atoms with Gasteiger partial charge < -0.3 is 15.4 Å². The Morgan fingerprint density at radius 2 is 2.14 bits per heavy atom. The Morgan fingerprint density at radius 1 is 1.29 bits per heavy atom. The van der Waals surface area contributed by atoms with E-state index in [0.29, 0.717) is 18.5 Å². The summed E-state index contributed by atoms with van der Waals surface area (Å²) in [6, 6.07) is 6.74. The van der Waals surface area contributed by atoms with Crippen molar-refractivity contribution in [1.29, 1.82) is 0 Å². The van der Waals surface area contributed by atoms with Crippen LogP contribution >= 0.6 is 0 Å². The van der Waals surface area contributed by atoms with E-state index in [0.717, 1.165) is 38.0 Å². The van der Waals surface area contributed by atoms with Gasteiger partial charge in [-0.15, -0.1) is 0 Å².